The number of thioether (sulfide) groups is 1. The van der Waals surface area contributed by atoms with Crippen LogP contribution in [0.25, 0.3) is 6.08 Å². The zero-order chi connectivity index (χ0) is 19.4. The first-order valence-electron chi connectivity index (χ1n) is 8.32. The summed E-state index contributed by atoms with van der Waals surface area (Å²) < 4.78 is 24.7. The molecule has 1 aliphatic heterocycles. The molecular weight excluding hydrogens is 385 g/mol. The molecule has 0 radical (unpaired) electrons. The third-order valence-corrected chi connectivity index (χ3v) is 5.36. The lowest BCUT2D eigenvalue weighted by Crippen LogP contribution is -2.27. The van der Waals surface area contributed by atoms with Crippen molar-refractivity contribution < 1.29 is 18.7 Å². The van der Waals surface area contributed by atoms with Crippen LogP contribution in [0.2, 0.25) is 0 Å². The van der Waals surface area contributed by atoms with Gasteiger partial charge in [0.1, 0.15) is 16.7 Å². The fourth-order valence-corrected chi connectivity index (χ4v) is 3.94. The fraction of sp³-hybridized carbons (Fsp3) is 0.200. The summed E-state index contributed by atoms with van der Waals surface area (Å²) in [6, 6.07) is 11.6. The summed E-state index contributed by atoms with van der Waals surface area (Å²) >= 11 is 6.52. The Kier molecular flexibility index (Phi) is 6.13. The summed E-state index contributed by atoms with van der Waals surface area (Å²) in [6.45, 7) is 2.75. The highest BCUT2D eigenvalue weighted by molar-refractivity contribution is 8.26. The zero-order valence-electron chi connectivity index (χ0n) is 14.9. The first-order chi connectivity index (χ1) is 13.0. The molecule has 0 aromatic heterocycles. The van der Waals surface area contributed by atoms with Crippen molar-refractivity contribution in [3.8, 4) is 11.5 Å². The number of carbonyl (C=O) groups excluding carboxylic acids is 1. The van der Waals surface area contributed by atoms with Crippen molar-refractivity contribution in [1.29, 1.82) is 0 Å². The van der Waals surface area contributed by atoms with Crippen molar-refractivity contribution in [2.24, 2.45) is 0 Å². The topological polar surface area (TPSA) is 38.8 Å². The van der Waals surface area contributed by atoms with Crippen LogP contribution in [0.5, 0.6) is 11.5 Å². The predicted molar refractivity (Wildman–Crippen MR) is 109 cm³/mol. The van der Waals surface area contributed by atoms with Crippen LogP contribution in [-0.2, 0) is 11.4 Å². The number of hydrogen-bond acceptors (Lipinski definition) is 5. The Morgan fingerprint density at radius 3 is 2.56 bits per heavy atom. The largest absolute Gasteiger partial charge is 0.493 e. The fourth-order valence-electron chi connectivity index (χ4n) is 2.56. The lowest BCUT2D eigenvalue weighted by molar-refractivity contribution is -0.121. The summed E-state index contributed by atoms with van der Waals surface area (Å²) in [5, 5.41) is 0. The number of nitrogens with zero attached hydrogens (tertiary/aromatic N) is 1. The van der Waals surface area contributed by atoms with Gasteiger partial charge >= 0.3 is 0 Å². The van der Waals surface area contributed by atoms with E-state index in [2.05, 4.69) is 0 Å². The van der Waals surface area contributed by atoms with E-state index in [-0.39, 0.29) is 11.7 Å². The summed E-state index contributed by atoms with van der Waals surface area (Å²) in [6.07, 6.45) is 1.79. The molecule has 27 heavy (non-hydrogen) atoms. The Labute approximate surface area is 167 Å². The molecule has 140 valence electrons. The second kappa shape index (κ2) is 8.54. The zero-order valence-corrected chi connectivity index (χ0v) is 16.5. The molecule has 0 saturated carbocycles. The van der Waals surface area contributed by atoms with Gasteiger partial charge in [-0.1, -0.05) is 42.2 Å². The van der Waals surface area contributed by atoms with E-state index in [4.69, 9.17) is 21.7 Å². The number of halogens is 1. The quantitative estimate of drug-likeness (QED) is 0.519. The lowest BCUT2D eigenvalue weighted by atomic mass is 10.1. The molecule has 2 aromatic carbocycles. The molecule has 0 bridgehead atoms. The lowest BCUT2D eigenvalue weighted by Gasteiger charge is -2.12. The van der Waals surface area contributed by atoms with Crippen molar-refractivity contribution in [1.82, 2.24) is 4.90 Å². The molecule has 1 aliphatic rings. The van der Waals surface area contributed by atoms with Gasteiger partial charge in [-0.05, 0) is 48.4 Å². The van der Waals surface area contributed by atoms with Gasteiger partial charge in [0.25, 0.3) is 5.91 Å². The first kappa shape index (κ1) is 19.4. The van der Waals surface area contributed by atoms with Gasteiger partial charge in [-0.15, -0.1) is 0 Å². The van der Waals surface area contributed by atoms with Gasteiger partial charge in [0.05, 0.1) is 12.0 Å². The number of methoxy groups -OCH3 is 1. The molecular formula is C20H18FNO3S2. The second-order valence-electron chi connectivity index (χ2n) is 5.75. The molecule has 1 heterocycles. The molecule has 4 nitrogen and oxygen atoms in total. The normalized spacial score (nSPS) is 15.5. The third kappa shape index (κ3) is 4.48. The summed E-state index contributed by atoms with van der Waals surface area (Å²) in [5.41, 5.74) is 1.67. The highest BCUT2D eigenvalue weighted by Crippen LogP contribution is 2.34. The summed E-state index contributed by atoms with van der Waals surface area (Å²) in [7, 11) is 1.56. The first-order valence-corrected chi connectivity index (χ1v) is 9.55. The highest BCUT2D eigenvalue weighted by atomic mass is 32.2. The van der Waals surface area contributed by atoms with Crippen LogP contribution in [0.3, 0.4) is 0 Å². The number of hydrogen-bond donors (Lipinski definition) is 0. The van der Waals surface area contributed by atoms with Crippen LogP contribution < -0.4 is 9.47 Å². The number of rotatable bonds is 6. The van der Waals surface area contributed by atoms with Crippen molar-refractivity contribution >= 4 is 40.3 Å². The minimum absolute atomic E-state index is 0.0805. The molecule has 1 amide bonds. The number of benzene rings is 2. The minimum Gasteiger partial charge on any atom is -0.493 e. The number of carbonyl (C=O) groups is 1. The van der Waals surface area contributed by atoms with E-state index in [9.17, 15) is 9.18 Å². The Balaban J connectivity index is 1.76. The molecule has 0 atom stereocenters. The van der Waals surface area contributed by atoms with Crippen LogP contribution in [0.1, 0.15) is 18.1 Å². The molecule has 0 N–H and O–H groups in total. The van der Waals surface area contributed by atoms with E-state index in [1.165, 1.54) is 23.9 Å². The minimum atomic E-state index is -0.283. The van der Waals surface area contributed by atoms with Gasteiger partial charge in [-0.3, -0.25) is 9.69 Å². The van der Waals surface area contributed by atoms with E-state index in [0.29, 0.717) is 33.9 Å². The molecule has 1 saturated heterocycles. The Morgan fingerprint density at radius 2 is 1.93 bits per heavy atom. The maximum Gasteiger partial charge on any atom is 0.266 e. The van der Waals surface area contributed by atoms with Gasteiger partial charge < -0.3 is 9.47 Å². The molecule has 1 fully saturated rings. The van der Waals surface area contributed by atoms with Gasteiger partial charge in [-0.25, -0.2) is 4.39 Å². The van der Waals surface area contributed by atoms with Crippen molar-refractivity contribution in [3.63, 3.8) is 0 Å². The maximum absolute atomic E-state index is 13.0. The van der Waals surface area contributed by atoms with E-state index in [1.807, 2.05) is 13.0 Å². The van der Waals surface area contributed by atoms with Crippen molar-refractivity contribution in [2.45, 2.75) is 13.5 Å². The van der Waals surface area contributed by atoms with Crippen LogP contribution in [0.15, 0.2) is 47.4 Å². The van der Waals surface area contributed by atoms with E-state index < -0.39 is 0 Å². The second-order valence-corrected chi connectivity index (χ2v) is 7.43. The average molecular weight is 404 g/mol. The van der Waals surface area contributed by atoms with Crippen LogP contribution in [-0.4, -0.2) is 28.8 Å². The molecule has 7 heteroatoms. The van der Waals surface area contributed by atoms with E-state index in [1.54, 1.807) is 42.4 Å². The Bertz CT molecular complexity index is 897. The number of likely N-dealkylation sites (N-methyl/N-ethyl adjacent to an activating group) is 1. The number of amides is 1. The molecule has 2 aromatic rings. The van der Waals surface area contributed by atoms with Gasteiger partial charge in [-0.2, -0.15) is 0 Å². The number of ether oxygens (including phenoxy) is 2. The average Bonchev–Trinajstić information content (AvgIpc) is 2.94. The predicted octanol–water partition coefficient (Wildman–Crippen LogP) is 4.63. The molecule has 0 aliphatic carbocycles. The SMILES string of the molecule is CCN1C(=O)C(=Cc2ccc(OCc3ccc(F)cc3)c(OC)c2)SC1=S. The number of thiocarbonyl (C=S) groups is 1. The summed E-state index contributed by atoms with van der Waals surface area (Å²) in [5.74, 6) is 0.759. The standard InChI is InChI=1S/C20H18FNO3S2/c1-3-22-19(23)18(27-20(22)26)11-14-6-9-16(17(10-14)24-2)25-12-13-4-7-15(21)8-5-13/h4-11H,3,12H2,1-2H3. The van der Waals surface area contributed by atoms with Gasteiger partial charge in [0.2, 0.25) is 0 Å². The third-order valence-electron chi connectivity index (χ3n) is 3.98. The monoisotopic (exact) mass is 403 g/mol. The smallest absolute Gasteiger partial charge is 0.266 e. The maximum atomic E-state index is 13.0. The van der Waals surface area contributed by atoms with Crippen LogP contribution in [0, 0.1) is 5.82 Å². The molecule has 0 spiro atoms. The summed E-state index contributed by atoms with van der Waals surface area (Å²) in [4.78, 5) is 14.5. The Hall–Kier alpha value is -2.38. The van der Waals surface area contributed by atoms with Crippen molar-refractivity contribution in [2.75, 3.05) is 13.7 Å². The van der Waals surface area contributed by atoms with Gasteiger partial charge in [0, 0.05) is 6.54 Å². The van der Waals surface area contributed by atoms with Gasteiger partial charge in [0.15, 0.2) is 11.5 Å². The highest BCUT2D eigenvalue weighted by Gasteiger charge is 2.30. The molecule has 3 rings (SSSR count). The molecule has 0 unspecified atom stereocenters. The van der Waals surface area contributed by atoms with E-state index >= 15 is 0 Å². The van der Waals surface area contributed by atoms with Crippen molar-refractivity contribution in [3.05, 3.63) is 64.3 Å². The van der Waals surface area contributed by atoms with Crippen LogP contribution >= 0.6 is 24.0 Å². The van der Waals surface area contributed by atoms with Crippen LogP contribution in [0.4, 0.5) is 4.39 Å². The Morgan fingerprint density at radius 1 is 1.19 bits per heavy atom. The van der Waals surface area contributed by atoms with E-state index in [0.717, 1.165) is 11.1 Å².